The topological polar surface area (TPSA) is 66.4 Å². The highest BCUT2D eigenvalue weighted by atomic mass is 16.3. The van der Waals surface area contributed by atoms with E-state index in [0.29, 0.717) is 11.3 Å². The third kappa shape index (κ3) is 4.42. The van der Waals surface area contributed by atoms with Gasteiger partial charge in [0, 0.05) is 18.4 Å². The van der Waals surface area contributed by atoms with Gasteiger partial charge < -0.3 is 10.4 Å². The molecule has 4 heteroatoms. The molecule has 2 N–H and O–H groups in total. The zero-order valence-corrected chi connectivity index (χ0v) is 13.6. The normalized spacial score (nSPS) is 10.4. The fraction of sp³-hybridized carbons (Fsp3) is 0.263. The van der Waals surface area contributed by atoms with E-state index in [0.717, 1.165) is 16.7 Å². The van der Waals surface area contributed by atoms with E-state index in [4.69, 9.17) is 0 Å². The molecule has 2 rings (SSSR count). The van der Waals surface area contributed by atoms with Crippen molar-refractivity contribution >= 4 is 17.4 Å². The Labute approximate surface area is 136 Å². The molecule has 0 saturated carbocycles. The highest BCUT2D eigenvalue weighted by Crippen LogP contribution is 2.24. The van der Waals surface area contributed by atoms with Gasteiger partial charge in [-0.1, -0.05) is 18.2 Å². The first kappa shape index (κ1) is 16.7. The van der Waals surface area contributed by atoms with Crippen LogP contribution < -0.4 is 5.32 Å². The number of aryl methyl sites for hydroxylation is 3. The smallest absolute Gasteiger partial charge is 0.224 e. The number of anilines is 1. The van der Waals surface area contributed by atoms with Crippen molar-refractivity contribution in [2.75, 3.05) is 5.32 Å². The molecule has 0 saturated heterocycles. The predicted octanol–water partition coefficient (Wildman–Crippen LogP) is 3.92. The second-order valence-electron chi connectivity index (χ2n) is 5.79. The molecule has 0 radical (unpaired) electrons. The summed E-state index contributed by atoms with van der Waals surface area (Å²) < 4.78 is 0. The Hall–Kier alpha value is -2.62. The van der Waals surface area contributed by atoms with E-state index in [1.54, 1.807) is 24.3 Å². The van der Waals surface area contributed by atoms with Gasteiger partial charge >= 0.3 is 0 Å². The molecule has 0 aliphatic carbocycles. The maximum Gasteiger partial charge on any atom is 0.224 e. The molecule has 0 aromatic heterocycles. The fourth-order valence-electron chi connectivity index (χ4n) is 2.25. The summed E-state index contributed by atoms with van der Waals surface area (Å²) in [7, 11) is 0. The lowest BCUT2D eigenvalue weighted by Gasteiger charge is -2.08. The molecule has 2 aromatic carbocycles. The predicted molar refractivity (Wildman–Crippen MR) is 91.0 cm³/mol. The molecule has 120 valence electrons. The van der Waals surface area contributed by atoms with Crippen LogP contribution in [-0.4, -0.2) is 16.8 Å². The molecule has 0 heterocycles. The van der Waals surface area contributed by atoms with Crippen molar-refractivity contribution in [3.63, 3.8) is 0 Å². The second kappa shape index (κ2) is 7.09. The molecular weight excluding hydrogens is 290 g/mol. The summed E-state index contributed by atoms with van der Waals surface area (Å²) >= 11 is 0. The number of ketones is 1. The number of carbonyl (C=O) groups excluding carboxylic acids is 2. The van der Waals surface area contributed by atoms with Gasteiger partial charge in [0.25, 0.3) is 0 Å². The Balaban J connectivity index is 1.93. The number of carbonyl (C=O) groups is 2. The highest BCUT2D eigenvalue weighted by Gasteiger charge is 2.11. The van der Waals surface area contributed by atoms with E-state index in [-0.39, 0.29) is 30.3 Å². The van der Waals surface area contributed by atoms with E-state index >= 15 is 0 Å². The van der Waals surface area contributed by atoms with Gasteiger partial charge in [-0.25, -0.2) is 0 Å². The van der Waals surface area contributed by atoms with Gasteiger partial charge in [0.2, 0.25) is 5.91 Å². The number of Topliss-reactive ketones (excluding diaryl/α,β-unsaturated/α-hetero) is 1. The molecule has 0 bridgehead atoms. The summed E-state index contributed by atoms with van der Waals surface area (Å²) in [5, 5.41) is 12.4. The number of phenols is 1. The number of benzene rings is 2. The highest BCUT2D eigenvalue weighted by molar-refractivity contribution is 6.00. The van der Waals surface area contributed by atoms with Crippen molar-refractivity contribution in [1.82, 2.24) is 0 Å². The number of phenolic OH excluding ortho intramolecular Hbond substituents is 1. The van der Waals surface area contributed by atoms with Crippen LogP contribution in [0.3, 0.4) is 0 Å². The minimum atomic E-state index is -0.290. The van der Waals surface area contributed by atoms with E-state index in [9.17, 15) is 14.7 Å². The summed E-state index contributed by atoms with van der Waals surface area (Å²) in [6.07, 6.45) is 0.222. The fourth-order valence-corrected chi connectivity index (χ4v) is 2.25. The van der Waals surface area contributed by atoms with Crippen LogP contribution >= 0.6 is 0 Å². The van der Waals surface area contributed by atoms with E-state index in [1.807, 2.05) is 32.9 Å². The van der Waals surface area contributed by atoms with Crippen molar-refractivity contribution < 1.29 is 14.7 Å². The zero-order chi connectivity index (χ0) is 17.0. The van der Waals surface area contributed by atoms with E-state index in [2.05, 4.69) is 5.32 Å². The summed E-state index contributed by atoms with van der Waals surface area (Å²) in [5.41, 5.74) is 4.09. The van der Waals surface area contributed by atoms with Crippen LogP contribution in [-0.2, 0) is 4.79 Å². The van der Waals surface area contributed by atoms with Gasteiger partial charge in [0.15, 0.2) is 5.78 Å². The monoisotopic (exact) mass is 311 g/mol. The minimum absolute atomic E-state index is 0.0267. The molecule has 2 aromatic rings. The number of aromatic hydroxyl groups is 1. The number of nitrogens with one attached hydrogen (secondary N) is 1. The maximum atomic E-state index is 12.1. The Bertz CT molecular complexity index is 750. The molecule has 0 spiro atoms. The van der Waals surface area contributed by atoms with Crippen LogP contribution in [0.4, 0.5) is 5.69 Å². The first-order valence-corrected chi connectivity index (χ1v) is 7.57. The Morgan fingerprint density at radius 1 is 0.957 bits per heavy atom. The Morgan fingerprint density at radius 3 is 2.35 bits per heavy atom. The summed E-state index contributed by atoms with van der Waals surface area (Å²) in [6, 6.07) is 10.6. The first-order chi connectivity index (χ1) is 10.9. The molecule has 0 fully saturated rings. The van der Waals surface area contributed by atoms with Crippen LogP contribution in [0, 0.1) is 20.8 Å². The molecule has 23 heavy (non-hydrogen) atoms. The molecule has 0 unspecified atom stereocenters. The van der Waals surface area contributed by atoms with Crippen LogP contribution in [0.25, 0.3) is 0 Å². The van der Waals surface area contributed by atoms with Crippen molar-refractivity contribution in [1.29, 1.82) is 0 Å². The maximum absolute atomic E-state index is 12.1. The Morgan fingerprint density at radius 2 is 1.70 bits per heavy atom. The lowest BCUT2D eigenvalue weighted by Crippen LogP contribution is -2.13. The number of hydrogen-bond acceptors (Lipinski definition) is 3. The van der Waals surface area contributed by atoms with Crippen LogP contribution in [0.2, 0.25) is 0 Å². The van der Waals surface area contributed by atoms with Gasteiger partial charge in [0.05, 0.1) is 5.69 Å². The molecule has 0 atom stereocenters. The summed E-state index contributed by atoms with van der Waals surface area (Å²) in [6.45, 7) is 5.80. The average molecular weight is 311 g/mol. The summed E-state index contributed by atoms with van der Waals surface area (Å²) in [4.78, 5) is 24.1. The lowest BCUT2D eigenvalue weighted by atomic mass is 10.0. The van der Waals surface area contributed by atoms with Crippen molar-refractivity contribution in [2.24, 2.45) is 0 Å². The quantitative estimate of drug-likeness (QED) is 0.649. The third-order valence-electron chi connectivity index (χ3n) is 3.84. The second-order valence-corrected chi connectivity index (χ2v) is 5.79. The van der Waals surface area contributed by atoms with Crippen molar-refractivity contribution in [2.45, 2.75) is 33.6 Å². The van der Waals surface area contributed by atoms with Crippen LogP contribution in [0.15, 0.2) is 36.4 Å². The van der Waals surface area contributed by atoms with Gasteiger partial charge in [-0.05, 0) is 55.7 Å². The minimum Gasteiger partial charge on any atom is -0.506 e. The largest absolute Gasteiger partial charge is 0.506 e. The van der Waals surface area contributed by atoms with E-state index in [1.165, 1.54) is 0 Å². The Kier molecular flexibility index (Phi) is 5.16. The standard InChI is InChI=1S/C19H21NO3/c1-12-4-7-16(18(22)10-12)20-19(23)9-8-17(21)15-6-5-13(2)14(3)11-15/h4-7,10-11,22H,8-9H2,1-3H3,(H,20,23). The van der Waals surface area contributed by atoms with Crippen molar-refractivity contribution in [3.05, 3.63) is 58.7 Å². The molecule has 0 aliphatic heterocycles. The van der Waals surface area contributed by atoms with E-state index < -0.39 is 0 Å². The number of rotatable bonds is 5. The lowest BCUT2D eigenvalue weighted by molar-refractivity contribution is -0.116. The van der Waals surface area contributed by atoms with Crippen molar-refractivity contribution in [3.8, 4) is 5.75 Å². The number of amides is 1. The zero-order valence-electron chi connectivity index (χ0n) is 13.6. The van der Waals surface area contributed by atoms with Crippen LogP contribution in [0.5, 0.6) is 5.75 Å². The third-order valence-corrected chi connectivity index (χ3v) is 3.84. The SMILES string of the molecule is Cc1ccc(NC(=O)CCC(=O)c2ccc(C)c(C)c2)c(O)c1. The van der Waals surface area contributed by atoms with Gasteiger partial charge in [0.1, 0.15) is 5.75 Å². The van der Waals surface area contributed by atoms with Gasteiger partial charge in [-0.2, -0.15) is 0 Å². The number of hydrogen-bond donors (Lipinski definition) is 2. The first-order valence-electron chi connectivity index (χ1n) is 7.57. The molecule has 0 aliphatic rings. The van der Waals surface area contributed by atoms with Crippen LogP contribution in [0.1, 0.15) is 39.9 Å². The molecule has 1 amide bonds. The molecular formula is C19H21NO3. The summed E-state index contributed by atoms with van der Waals surface area (Å²) in [5.74, 6) is -0.323. The van der Waals surface area contributed by atoms with Gasteiger partial charge in [-0.15, -0.1) is 0 Å². The van der Waals surface area contributed by atoms with Gasteiger partial charge in [-0.3, -0.25) is 9.59 Å². The molecule has 4 nitrogen and oxygen atoms in total. The average Bonchev–Trinajstić information content (AvgIpc) is 2.50.